The quantitative estimate of drug-likeness (QED) is 0.684. The second kappa shape index (κ2) is 8.43. The molecule has 2 atom stereocenters. The lowest BCUT2D eigenvalue weighted by atomic mass is 9.98. The molecule has 0 spiro atoms. The molecule has 1 aliphatic rings. The zero-order valence-electron chi connectivity index (χ0n) is 16.6. The summed E-state index contributed by atoms with van der Waals surface area (Å²) in [6.07, 6.45) is -4.38. The van der Waals surface area contributed by atoms with Crippen LogP contribution >= 0.6 is 0 Å². The number of benzene rings is 2. The maximum absolute atomic E-state index is 13.0. The molecule has 3 N–H and O–H groups in total. The third-order valence-corrected chi connectivity index (χ3v) is 4.82. The standard InChI is InChI=1S/C21H23F3N4O2/c1-13-5-3-4-6-18(13)30-12-14(2)26-19(29)17(25)11-15-7-9-16(10-8-15)20(27-28-20)21(22,23)24/h3-10,14,17H,11-12,25H2,1-2H3,(H,26,29). The number of carbonyl (C=O) groups is 1. The van der Waals surface area contributed by atoms with Crippen molar-refractivity contribution >= 4 is 5.91 Å². The molecule has 0 bridgehead atoms. The topological polar surface area (TPSA) is 89.1 Å². The summed E-state index contributed by atoms with van der Waals surface area (Å²) >= 11 is 0. The number of halogens is 3. The second-order valence-corrected chi connectivity index (χ2v) is 7.36. The lowest BCUT2D eigenvalue weighted by Crippen LogP contribution is -2.47. The van der Waals surface area contributed by atoms with E-state index >= 15 is 0 Å². The molecule has 0 aromatic heterocycles. The van der Waals surface area contributed by atoms with Gasteiger partial charge in [-0.05, 0) is 37.5 Å². The van der Waals surface area contributed by atoms with Gasteiger partial charge in [-0.3, -0.25) is 4.79 Å². The number of nitrogens with two attached hydrogens (primary N) is 1. The molecule has 0 radical (unpaired) electrons. The fourth-order valence-corrected chi connectivity index (χ4v) is 2.99. The Morgan fingerprint density at radius 3 is 2.37 bits per heavy atom. The highest BCUT2D eigenvalue weighted by Crippen LogP contribution is 2.52. The molecule has 2 aromatic carbocycles. The first-order valence-electron chi connectivity index (χ1n) is 9.47. The van der Waals surface area contributed by atoms with Crippen LogP contribution in [0.3, 0.4) is 0 Å². The first-order chi connectivity index (χ1) is 14.1. The number of nitrogens with one attached hydrogen (secondary N) is 1. The number of hydrogen-bond acceptors (Lipinski definition) is 5. The van der Waals surface area contributed by atoms with Crippen molar-refractivity contribution in [1.82, 2.24) is 5.32 Å². The van der Waals surface area contributed by atoms with E-state index in [0.29, 0.717) is 5.56 Å². The summed E-state index contributed by atoms with van der Waals surface area (Å²) in [6.45, 7) is 4.02. The number of ether oxygens (including phenoxy) is 1. The van der Waals surface area contributed by atoms with Crippen molar-refractivity contribution in [3.8, 4) is 5.75 Å². The Morgan fingerprint density at radius 2 is 1.80 bits per heavy atom. The van der Waals surface area contributed by atoms with Gasteiger partial charge in [-0.25, -0.2) is 0 Å². The molecule has 0 saturated carbocycles. The van der Waals surface area contributed by atoms with Gasteiger partial charge in [-0.1, -0.05) is 42.5 Å². The maximum Gasteiger partial charge on any atom is 0.442 e. The molecule has 160 valence electrons. The first kappa shape index (κ1) is 21.8. The van der Waals surface area contributed by atoms with Crippen molar-refractivity contribution < 1.29 is 22.7 Å². The van der Waals surface area contributed by atoms with Crippen LogP contribution < -0.4 is 15.8 Å². The summed E-state index contributed by atoms with van der Waals surface area (Å²) in [7, 11) is 0. The average molecular weight is 420 g/mol. The van der Waals surface area contributed by atoms with E-state index in [-0.39, 0.29) is 30.5 Å². The summed E-state index contributed by atoms with van der Waals surface area (Å²) in [4.78, 5) is 12.3. The number of para-hydroxylation sites is 1. The summed E-state index contributed by atoms with van der Waals surface area (Å²) in [6, 6.07) is 12.1. The van der Waals surface area contributed by atoms with Gasteiger partial charge in [-0.15, -0.1) is 10.2 Å². The lowest BCUT2D eigenvalue weighted by molar-refractivity contribution is -0.166. The van der Waals surface area contributed by atoms with Crippen LogP contribution in [0.4, 0.5) is 13.2 Å². The zero-order chi connectivity index (χ0) is 21.9. The van der Waals surface area contributed by atoms with Crippen LogP contribution in [0, 0.1) is 6.92 Å². The van der Waals surface area contributed by atoms with E-state index in [2.05, 4.69) is 15.5 Å². The van der Waals surface area contributed by atoms with Gasteiger partial charge in [0.15, 0.2) is 0 Å². The molecule has 1 amide bonds. The largest absolute Gasteiger partial charge is 0.491 e. The molecule has 0 saturated heterocycles. The smallest absolute Gasteiger partial charge is 0.442 e. The highest BCUT2D eigenvalue weighted by molar-refractivity contribution is 5.82. The van der Waals surface area contributed by atoms with Gasteiger partial charge >= 0.3 is 11.8 Å². The molecule has 1 heterocycles. The van der Waals surface area contributed by atoms with E-state index in [4.69, 9.17) is 10.5 Å². The highest BCUT2D eigenvalue weighted by atomic mass is 19.4. The number of nitrogens with zero attached hydrogens (tertiary/aromatic N) is 2. The van der Waals surface area contributed by atoms with E-state index in [1.165, 1.54) is 24.3 Å². The lowest BCUT2D eigenvalue weighted by Gasteiger charge is -2.19. The Balaban J connectivity index is 1.50. The van der Waals surface area contributed by atoms with Gasteiger partial charge in [-0.2, -0.15) is 13.2 Å². The van der Waals surface area contributed by atoms with E-state index in [1.807, 2.05) is 31.2 Å². The van der Waals surface area contributed by atoms with Crippen molar-refractivity contribution in [2.24, 2.45) is 16.0 Å². The Bertz CT molecular complexity index is 923. The molecular weight excluding hydrogens is 397 g/mol. The van der Waals surface area contributed by atoms with Crippen molar-refractivity contribution in [2.75, 3.05) is 6.61 Å². The number of amides is 1. The third-order valence-electron chi connectivity index (χ3n) is 4.82. The van der Waals surface area contributed by atoms with Crippen LogP contribution in [0.5, 0.6) is 5.75 Å². The van der Waals surface area contributed by atoms with Crippen molar-refractivity contribution in [2.45, 2.75) is 44.2 Å². The number of alkyl halides is 3. The predicted molar refractivity (Wildman–Crippen MR) is 105 cm³/mol. The average Bonchev–Trinajstić information content (AvgIpc) is 3.50. The Hall–Kier alpha value is -2.94. The fourth-order valence-electron chi connectivity index (χ4n) is 2.99. The van der Waals surface area contributed by atoms with Gasteiger partial charge in [0.2, 0.25) is 5.91 Å². The summed E-state index contributed by atoms with van der Waals surface area (Å²) < 4.78 is 44.8. The highest BCUT2D eigenvalue weighted by Gasteiger charge is 2.65. The Kier molecular flexibility index (Phi) is 6.12. The summed E-state index contributed by atoms with van der Waals surface area (Å²) in [5, 5.41) is 9.13. The molecule has 0 fully saturated rings. The third kappa shape index (κ3) is 4.79. The minimum absolute atomic E-state index is 0.0567. The second-order valence-electron chi connectivity index (χ2n) is 7.36. The van der Waals surface area contributed by atoms with Crippen molar-refractivity contribution in [3.63, 3.8) is 0 Å². The first-order valence-corrected chi connectivity index (χ1v) is 9.47. The van der Waals surface area contributed by atoms with Crippen LogP contribution in [-0.4, -0.2) is 30.8 Å². The van der Waals surface area contributed by atoms with Crippen LogP contribution in [0.1, 0.15) is 23.6 Å². The molecule has 2 aromatic rings. The van der Waals surface area contributed by atoms with E-state index in [1.54, 1.807) is 6.92 Å². The summed E-state index contributed by atoms with van der Waals surface area (Å²) in [5.74, 6) is 0.382. The van der Waals surface area contributed by atoms with Crippen LogP contribution in [0.2, 0.25) is 0 Å². The molecule has 9 heteroatoms. The fraction of sp³-hybridized carbons (Fsp3) is 0.381. The van der Waals surface area contributed by atoms with Gasteiger partial charge in [0, 0.05) is 5.56 Å². The molecule has 1 aliphatic heterocycles. The van der Waals surface area contributed by atoms with Crippen molar-refractivity contribution in [1.29, 1.82) is 0 Å². The summed E-state index contributed by atoms with van der Waals surface area (Å²) in [5.41, 5.74) is 5.10. The SMILES string of the molecule is Cc1ccccc1OCC(C)NC(=O)C(N)Cc1ccc(C2(C(F)(F)F)N=N2)cc1. The number of aryl methyl sites for hydroxylation is 1. The van der Waals surface area contributed by atoms with Crippen LogP contribution in [0.25, 0.3) is 0 Å². The zero-order valence-corrected chi connectivity index (χ0v) is 16.6. The van der Waals surface area contributed by atoms with Crippen LogP contribution in [-0.2, 0) is 16.9 Å². The minimum atomic E-state index is -4.57. The van der Waals surface area contributed by atoms with Gasteiger partial charge in [0.25, 0.3) is 0 Å². The number of rotatable bonds is 8. The molecule has 0 aliphatic carbocycles. The normalized spacial score (nSPS) is 16.6. The van der Waals surface area contributed by atoms with Crippen LogP contribution in [0.15, 0.2) is 58.8 Å². The van der Waals surface area contributed by atoms with E-state index in [9.17, 15) is 18.0 Å². The number of carbonyl (C=O) groups excluding carboxylic acids is 1. The number of hydrogen-bond donors (Lipinski definition) is 2. The molecule has 3 rings (SSSR count). The van der Waals surface area contributed by atoms with E-state index in [0.717, 1.165) is 11.3 Å². The molecule has 30 heavy (non-hydrogen) atoms. The van der Waals surface area contributed by atoms with Crippen molar-refractivity contribution in [3.05, 3.63) is 65.2 Å². The minimum Gasteiger partial charge on any atom is -0.491 e. The Morgan fingerprint density at radius 1 is 1.17 bits per heavy atom. The Labute approximate surface area is 172 Å². The monoisotopic (exact) mass is 420 g/mol. The molecule has 2 unspecified atom stereocenters. The van der Waals surface area contributed by atoms with Gasteiger partial charge < -0.3 is 15.8 Å². The van der Waals surface area contributed by atoms with Gasteiger partial charge in [0.1, 0.15) is 12.4 Å². The maximum atomic E-state index is 13.0. The molecular formula is C21H23F3N4O2. The van der Waals surface area contributed by atoms with Gasteiger partial charge in [0.05, 0.1) is 12.1 Å². The molecule has 6 nitrogen and oxygen atoms in total. The predicted octanol–water partition coefficient (Wildman–Crippen LogP) is 3.63. The van der Waals surface area contributed by atoms with E-state index < -0.39 is 17.9 Å².